The number of carbonyl (C=O) groups excluding carboxylic acids is 2. The summed E-state index contributed by atoms with van der Waals surface area (Å²) < 4.78 is 35.6. The van der Waals surface area contributed by atoms with Gasteiger partial charge in [-0.3, -0.25) is 13.9 Å². The zero-order valence-corrected chi connectivity index (χ0v) is 27.1. The second-order valence-electron chi connectivity index (χ2n) is 10.00. The maximum absolute atomic E-state index is 14.4. The van der Waals surface area contributed by atoms with E-state index in [0.717, 1.165) is 19.9 Å². The number of sulfonamides is 1. The summed E-state index contributed by atoms with van der Waals surface area (Å²) in [6.45, 7) is 4.11. The number of amides is 2. The highest BCUT2D eigenvalue weighted by molar-refractivity contribution is 9.10. The lowest BCUT2D eigenvalue weighted by Crippen LogP contribution is -2.53. The van der Waals surface area contributed by atoms with E-state index < -0.39 is 28.5 Å². The lowest BCUT2D eigenvalue weighted by molar-refractivity contribution is -0.140. The first kappa shape index (κ1) is 32.8. The Morgan fingerprint density at radius 2 is 1.41 bits per heavy atom. The van der Waals surface area contributed by atoms with Crippen LogP contribution in [0, 0.1) is 0 Å². The van der Waals surface area contributed by atoms with Crippen molar-refractivity contribution in [1.82, 2.24) is 10.2 Å². The van der Waals surface area contributed by atoms with Gasteiger partial charge in [0.25, 0.3) is 10.0 Å². The molecule has 10 heteroatoms. The monoisotopic (exact) mass is 677 g/mol. The number of benzene rings is 4. The van der Waals surface area contributed by atoms with Gasteiger partial charge in [-0.15, -0.1) is 0 Å². The zero-order valence-electron chi connectivity index (χ0n) is 24.7. The molecule has 0 saturated heterocycles. The molecule has 1 N–H and O–H groups in total. The molecule has 4 rings (SSSR count). The Balaban J connectivity index is 1.78. The molecule has 0 aliphatic heterocycles. The van der Waals surface area contributed by atoms with Gasteiger partial charge < -0.3 is 15.0 Å². The Bertz CT molecular complexity index is 1620. The first-order valence-corrected chi connectivity index (χ1v) is 16.6. The normalized spacial score (nSPS) is 11.8. The number of halogens is 1. The van der Waals surface area contributed by atoms with E-state index in [1.54, 1.807) is 36.4 Å². The van der Waals surface area contributed by atoms with Crippen LogP contribution in [-0.2, 0) is 32.6 Å². The molecule has 0 radical (unpaired) electrons. The second kappa shape index (κ2) is 15.5. The van der Waals surface area contributed by atoms with Crippen LogP contribution >= 0.6 is 15.9 Å². The summed E-state index contributed by atoms with van der Waals surface area (Å²) in [7, 11) is -4.19. The molecule has 0 aliphatic rings. The number of anilines is 1. The van der Waals surface area contributed by atoms with Crippen LogP contribution in [0.3, 0.4) is 0 Å². The fourth-order valence-electron chi connectivity index (χ4n) is 4.76. The summed E-state index contributed by atoms with van der Waals surface area (Å²) in [5, 5.41) is 2.87. The largest absolute Gasteiger partial charge is 0.494 e. The molecule has 44 heavy (non-hydrogen) atoms. The lowest BCUT2D eigenvalue weighted by Gasteiger charge is -2.33. The molecule has 230 valence electrons. The van der Waals surface area contributed by atoms with Gasteiger partial charge in [0.15, 0.2) is 0 Å². The number of nitrogens with zero attached hydrogens (tertiary/aromatic N) is 2. The summed E-state index contributed by atoms with van der Waals surface area (Å²) in [6.07, 6.45) is 0.258. The number of rotatable bonds is 14. The van der Waals surface area contributed by atoms with Crippen LogP contribution in [0.1, 0.15) is 25.0 Å². The third-order valence-electron chi connectivity index (χ3n) is 6.93. The van der Waals surface area contributed by atoms with Crippen molar-refractivity contribution < 1.29 is 22.7 Å². The van der Waals surface area contributed by atoms with Crippen LogP contribution in [0.15, 0.2) is 119 Å². The molecule has 1 atom stereocenters. The van der Waals surface area contributed by atoms with E-state index in [1.807, 2.05) is 74.5 Å². The summed E-state index contributed by atoms with van der Waals surface area (Å²) in [4.78, 5) is 29.4. The molecule has 0 aromatic heterocycles. The standard InChI is InChI=1S/C34H36BrN3O5S/c1-3-36-34(40)32(23-26-11-7-5-8-12-26)37(24-27-13-9-6-10-14-27)33(39)25-38(29-17-19-30(20-18-29)43-4-2)44(41,42)31-21-15-28(35)16-22-31/h5-22,32H,3-4,23-25H2,1-2H3,(H,36,40)/t32-/m0/s1. The van der Waals surface area contributed by atoms with Gasteiger partial charge >= 0.3 is 0 Å². The lowest BCUT2D eigenvalue weighted by atomic mass is 10.0. The summed E-state index contributed by atoms with van der Waals surface area (Å²) in [5.74, 6) is -0.256. The number of hydrogen-bond acceptors (Lipinski definition) is 5. The van der Waals surface area contributed by atoms with Crippen molar-refractivity contribution in [1.29, 1.82) is 0 Å². The second-order valence-corrected chi connectivity index (χ2v) is 12.8. The van der Waals surface area contributed by atoms with E-state index in [2.05, 4.69) is 21.2 Å². The number of ether oxygens (including phenoxy) is 1. The van der Waals surface area contributed by atoms with Crippen molar-refractivity contribution in [3.8, 4) is 5.75 Å². The van der Waals surface area contributed by atoms with Crippen LogP contribution in [0.4, 0.5) is 5.69 Å². The van der Waals surface area contributed by atoms with Crippen molar-refractivity contribution in [2.45, 2.75) is 37.8 Å². The van der Waals surface area contributed by atoms with E-state index >= 15 is 0 Å². The molecule has 0 fully saturated rings. The molecule has 4 aromatic carbocycles. The van der Waals surface area contributed by atoms with Crippen molar-refractivity contribution in [3.05, 3.63) is 125 Å². The SMILES string of the molecule is CCNC(=O)[C@H](Cc1ccccc1)N(Cc1ccccc1)C(=O)CN(c1ccc(OCC)cc1)S(=O)(=O)c1ccc(Br)cc1. The third kappa shape index (κ3) is 8.48. The van der Waals surface area contributed by atoms with Crippen LogP contribution in [0.2, 0.25) is 0 Å². The molecular formula is C34H36BrN3O5S. The molecule has 0 aliphatic carbocycles. The Morgan fingerprint density at radius 3 is 1.98 bits per heavy atom. The minimum absolute atomic E-state index is 0.0292. The van der Waals surface area contributed by atoms with Crippen molar-refractivity contribution in [3.63, 3.8) is 0 Å². The molecule has 0 saturated carbocycles. The van der Waals surface area contributed by atoms with Gasteiger partial charge in [-0.25, -0.2) is 8.42 Å². The highest BCUT2D eigenvalue weighted by Crippen LogP contribution is 2.28. The van der Waals surface area contributed by atoms with E-state index in [4.69, 9.17) is 4.74 Å². The molecule has 4 aromatic rings. The Hall–Kier alpha value is -4.15. The predicted octanol–water partition coefficient (Wildman–Crippen LogP) is 5.82. The van der Waals surface area contributed by atoms with Gasteiger partial charge in [0.1, 0.15) is 18.3 Å². The van der Waals surface area contributed by atoms with Gasteiger partial charge in [-0.2, -0.15) is 0 Å². The number of likely N-dealkylation sites (N-methyl/N-ethyl adjacent to an activating group) is 1. The Labute approximate surface area is 267 Å². The topological polar surface area (TPSA) is 96.0 Å². The minimum Gasteiger partial charge on any atom is -0.494 e. The molecule has 0 spiro atoms. The number of carbonyl (C=O) groups is 2. The van der Waals surface area contributed by atoms with Gasteiger partial charge in [0.05, 0.1) is 17.2 Å². The average Bonchev–Trinajstić information content (AvgIpc) is 3.03. The van der Waals surface area contributed by atoms with Gasteiger partial charge in [0, 0.05) is 24.0 Å². The van der Waals surface area contributed by atoms with E-state index in [0.29, 0.717) is 24.6 Å². The van der Waals surface area contributed by atoms with Crippen molar-refractivity contribution >= 4 is 43.5 Å². The molecule has 0 heterocycles. The van der Waals surface area contributed by atoms with E-state index in [1.165, 1.54) is 17.0 Å². The fraction of sp³-hybridized carbons (Fsp3) is 0.235. The van der Waals surface area contributed by atoms with E-state index in [-0.39, 0.29) is 23.8 Å². The maximum Gasteiger partial charge on any atom is 0.264 e. The number of hydrogen-bond donors (Lipinski definition) is 1. The molecule has 8 nitrogen and oxygen atoms in total. The van der Waals surface area contributed by atoms with Crippen molar-refractivity contribution in [2.75, 3.05) is 24.0 Å². The van der Waals surface area contributed by atoms with E-state index in [9.17, 15) is 18.0 Å². The highest BCUT2D eigenvalue weighted by Gasteiger charge is 2.34. The highest BCUT2D eigenvalue weighted by atomic mass is 79.9. The zero-order chi connectivity index (χ0) is 31.5. The van der Waals surface area contributed by atoms with Gasteiger partial charge in [-0.05, 0) is 73.5 Å². The maximum atomic E-state index is 14.4. The molecule has 0 bridgehead atoms. The number of nitrogens with one attached hydrogen (secondary N) is 1. The smallest absolute Gasteiger partial charge is 0.264 e. The molecule has 0 unspecified atom stereocenters. The minimum atomic E-state index is -4.19. The van der Waals surface area contributed by atoms with Crippen LogP contribution in [-0.4, -0.2) is 50.9 Å². The van der Waals surface area contributed by atoms with Gasteiger partial charge in [-0.1, -0.05) is 76.6 Å². The molecular weight excluding hydrogens is 642 g/mol. The van der Waals surface area contributed by atoms with Crippen LogP contribution in [0.5, 0.6) is 5.75 Å². The third-order valence-corrected chi connectivity index (χ3v) is 9.25. The Morgan fingerprint density at radius 1 is 0.818 bits per heavy atom. The predicted molar refractivity (Wildman–Crippen MR) is 176 cm³/mol. The van der Waals surface area contributed by atoms with Crippen molar-refractivity contribution in [2.24, 2.45) is 0 Å². The van der Waals surface area contributed by atoms with Gasteiger partial charge in [0.2, 0.25) is 11.8 Å². The fourth-order valence-corrected chi connectivity index (χ4v) is 6.44. The first-order chi connectivity index (χ1) is 21.2. The first-order valence-electron chi connectivity index (χ1n) is 14.4. The quantitative estimate of drug-likeness (QED) is 0.182. The Kier molecular flexibility index (Phi) is 11.6. The summed E-state index contributed by atoms with van der Waals surface area (Å²) in [6, 6.07) is 30.7. The van der Waals surface area contributed by atoms with Crippen LogP contribution < -0.4 is 14.4 Å². The summed E-state index contributed by atoms with van der Waals surface area (Å²) in [5.41, 5.74) is 1.98. The summed E-state index contributed by atoms with van der Waals surface area (Å²) >= 11 is 3.36. The molecule has 2 amide bonds. The average molecular weight is 679 g/mol. The van der Waals surface area contributed by atoms with Crippen LogP contribution in [0.25, 0.3) is 0 Å².